The maximum absolute atomic E-state index is 13.7. The molecule has 2 aliphatic rings. The Hall–Kier alpha value is -3.92. The van der Waals surface area contributed by atoms with Gasteiger partial charge in [-0.1, -0.05) is 6.92 Å². The minimum Gasteiger partial charge on any atom is -0.389 e. The van der Waals surface area contributed by atoms with Crippen molar-refractivity contribution in [3.05, 3.63) is 58.6 Å². The highest BCUT2D eigenvalue weighted by Crippen LogP contribution is 2.36. The lowest BCUT2D eigenvalue weighted by molar-refractivity contribution is -0.142. The van der Waals surface area contributed by atoms with Crippen LogP contribution in [-0.2, 0) is 11.2 Å². The van der Waals surface area contributed by atoms with E-state index in [0.29, 0.717) is 30.9 Å². The standard InChI is InChI=1S/C29H31FN8O2S/c1-3-21-13-38-28(32-21)26(35(2)29-33-25(17-41-29)23-5-4-20(30)10-19(23)12-31)11-24(34-38)18-6-8-36(9-7-18)16-27(40)37-14-22(39)15-37/h4-5,10-11,13,17-18,22,39H,3,6-9,14-16H2,1-2H3. The molecule has 6 rings (SSSR count). The first kappa shape index (κ1) is 27.3. The van der Waals surface area contributed by atoms with Crippen LogP contribution in [0.15, 0.2) is 35.8 Å². The number of carbonyl (C=O) groups excluding carboxylic acids is 1. The van der Waals surface area contributed by atoms with Crippen molar-refractivity contribution in [2.24, 2.45) is 0 Å². The normalized spacial score (nSPS) is 16.6. The van der Waals surface area contributed by atoms with E-state index in [1.165, 1.54) is 23.5 Å². The first-order valence-corrected chi connectivity index (χ1v) is 14.7. The third-order valence-electron chi connectivity index (χ3n) is 7.94. The third-order valence-corrected chi connectivity index (χ3v) is 8.85. The summed E-state index contributed by atoms with van der Waals surface area (Å²) in [6, 6.07) is 8.31. The van der Waals surface area contributed by atoms with Crippen LogP contribution in [-0.4, -0.2) is 86.3 Å². The van der Waals surface area contributed by atoms with E-state index in [4.69, 9.17) is 15.1 Å². The van der Waals surface area contributed by atoms with Crippen molar-refractivity contribution in [1.29, 1.82) is 5.26 Å². The molecule has 0 radical (unpaired) electrons. The number of aliphatic hydroxyl groups excluding tert-OH is 1. The van der Waals surface area contributed by atoms with Crippen molar-refractivity contribution in [2.45, 2.75) is 38.2 Å². The second kappa shape index (κ2) is 11.2. The lowest BCUT2D eigenvalue weighted by Gasteiger charge is -2.38. The molecular weight excluding hydrogens is 543 g/mol. The van der Waals surface area contributed by atoms with Crippen molar-refractivity contribution in [2.75, 3.05) is 44.7 Å². The number of hydrogen-bond acceptors (Lipinski definition) is 9. The number of anilines is 2. The molecule has 2 saturated heterocycles. The molecule has 1 aromatic carbocycles. The summed E-state index contributed by atoms with van der Waals surface area (Å²) in [5.74, 6) is -0.141. The summed E-state index contributed by atoms with van der Waals surface area (Å²) >= 11 is 1.44. The Kier molecular flexibility index (Phi) is 7.42. The Labute approximate surface area is 241 Å². The average molecular weight is 575 g/mol. The molecular formula is C29H31FN8O2S. The van der Waals surface area contributed by atoms with E-state index in [0.717, 1.165) is 60.2 Å². The number of likely N-dealkylation sites (tertiary alicyclic amines) is 2. The molecule has 10 nitrogen and oxygen atoms in total. The maximum Gasteiger partial charge on any atom is 0.236 e. The Morgan fingerprint density at radius 1 is 1.24 bits per heavy atom. The van der Waals surface area contributed by atoms with Gasteiger partial charge in [-0.25, -0.2) is 18.9 Å². The summed E-state index contributed by atoms with van der Waals surface area (Å²) < 4.78 is 15.5. The number of piperidine rings is 1. The Bertz CT molecular complexity index is 1630. The molecule has 0 aliphatic carbocycles. The van der Waals surface area contributed by atoms with Gasteiger partial charge in [0.25, 0.3) is 0 Å². The SMILES string of the molecule is CCc1cn2nc(C3CCN(CC(=O)N4CC(O)C4)CC3)cc(N(C)c3nc(-c4ccc(F)cc4C#N)cs3)c2n1. The molecule has 0 atom stereocenters. The van der Waals surface area contributed by atoms with Crippen LogP contribution in [0.1, 0.15) is 42.6 Å². The number of imidazole rings is 1. The molecule has 0 unspecified atom stereocenters. The topological polar surface area (TPSA) is 114 Å². The molecule has 212 valence electrons. The summed E-state index contributed by atoms with van der Waals surface area (Å²) in [6.45, 7) is 4.92. The number of nitriles is 1. The smallest absolute Gasteiger partial charge is 0.236 e. The number of fused-ring (bicyclic) bond motifs is 1. The Morgan fingerprint density at radius 2 is 2.02 bits per heavy atom. The van der Waals surface area contributed by atoms with Gasteiger partial charge in [0.15, 0.2) is 10.8 Å². The monoisotopic (exact) mass is 574 g/mol. The first-order chi connectivity index (χ1) is 19.8. The zero-order valence-corrected chi connectivity index (χ0v) is 23.8. The van der Waals surface area contributed by atoms with Gasteiger partial charge in [0, 0.05) is 37.0 Å². The van der Waals surface area contributed by atoms with Gasteiger partial charge in [-0.3, -0.25) is 9.69 Å². The van der Waals surface area contributed by atoms with Crippen molar-refractivity contribution >= 4 is 33.7 Å². The molecule has 41 heavy (non-hydrogen) atoms. The molecule has 12 heteroatoms. The largest absolute Gasteiger partial charge is 0.389 e. The van der Waals surface area contributed by atoms with E-state index >= 15 is 0 Å². The van der Waals surface area contributed by atoms with Crippen molar-refractivity contribution in [3.63, 3.8) is 0 Å². The lowest BCUT2D eigenvalue weighted by Crippen LogP contribution is -2.56. The first-order valence-electron chi connectivity index (χ1n) is 13.8. The van der Waals surface area contributed by atoms with Crippen LogP contribution in [0.25, 0.3) is 16.9 Å². The number of aryl methyl sites for hydroxylation is 1. The summed E-state index contributed by atoms with van der Waals surface area (Å²) in [4.78, 5) is 28.0. The fourth-order valence-electron chi connectivity index (χ4n) is 5.46. The fraction of sp³-hybridized carbons (Fsp3) is 0.414. The number of aromatic nitrogens is 4. The third kappa shape index (κ3) is 5.40. The molecule has 0 bridgehead atoms. The second-order valence-corrected chi connectivity index (χ2v) is 11.5. The molecule has 0 saturated carbocycles. The van der Waals surface area contributed by atoms with Gasteiger partial charge in [-0.05, 0) is 56.6 Å². The number of hydrogen-bond donors (Lipinski definition) is 1. The van der Waals surface area contributed by atoms with Crippen LogP contribution >= 0.6 is 11.3 Å². The molecule has 2 aliphatic heterocycles. The van der Waals surface area contributed by atoms with E-state index in [9.17, 15) is 19.6 Å². The van der Waals surface area contributed by atoms with E-state index < -0.39 is 5.82 Å². The number of halogens is 1. The molecule has 5 heterocycles. The zero-order valence-electron chi connectivity index (χ0n) is 23.0. The highest BCUT2D eigenvalue weighted by atomic mass is 32.1. The number of β-amino-alcohol motifs (C(OH)–C–C–N with tert-alkyl or cyclic N) is 1. The summed E-state index contributed by atoms with van der Waals surface area (Å²) in [5, 5.41) is 26.5. The van der Waals surface area contributed by atoms with Crippen LogP contribution < -0.4 is 4.90 Å². The summed E-state index contributed by atoms with van der Waals surface area (Å²) in [5.41, 5.74) is 4.99. The number of aliphatic hydroxyl groups is 1. The minimum absolute atomic E-state index is 0.0769. The van der Waals surface area contributed by atoms with E-state index in [-0.39, 0.29) is 23.5 Å². The van der Waals surface area contributed by atoms with Gasteiger partial charge in [-0.2, -0.15) is 10.4 Å². The molecule has 3 aromatic heterocycles. The number of amides is 1. The van der Waals surface area contributed by atoms with Crippen molar-refractivity contribution < 1.29 is 14.3 Å². The highest BCUT2D eigenvalue weighted by molar-refractivity contribution is 7.14. The Morgan fingerprint density at radius 3 is 2.73 bits per heavy atom. The molecule has 4 aromatic rings. The van der Waals surface area contributed by atoms with Gasteiger partial charge >= 0.3 is 0 Å². The van der Waals surface area contributed by atoms with Gasteiger partial charge in [0.05, 0.1) is 53.2 Å². The highest BCUT2D eigenvalue weighted by Gasteiger charge is 2.31. The van der Waals surface area contributed by atoms with Gasteiger partial charge in [-0.15, -0.1) is 11.3 Å². The van der Waals surface area contributed by atoms with Crippen LogP contribution in [0.4, 0.5) is 15.2 Å². The van der Waals surface area contributed by atoms with Crippen LogP contribution in [0, 0.1) is 17.1 Å². The molecule has 2 fully saturated rings. The number of carbonyl (C=O) groups is 1. The summed E-state index contributed by atoms with van der Waals surface area (Å²) in [6.07, 6.45) is 4.14. The number of rotatable bonds is 7. The maximum atomic E-state index is 13.7. The fourth-order valence-corrected chi connectivity index (χ4v) is 6.26. The van der Waals surface area contributed by atoms with Crippen LogP contribution in [0.2, 0.25) is 0 Å². The van der Waals surface area contributed by atoms with Crippen molar-refractivity contribution in [1.82, 2.24) is 29.4 Å². The second-order valence-electron chi connectivity index (χ2n) is 10.7. The quantitative estimate of drug-likeness (QED) is 0.356. The minimum atomic E-state index is -0.455. The van der Waals surface area contributed by atoms with Gasteiger partial charge in [0.2, 0.25) is 5.91 Å². The number of thiazole rings is 1. The lowest BCUT2D eigenvalue weighted by atomic mass is 9.93. The predicted octanol–water partition coefficient (Wildman–Crippen LogP) is 3.58. The van der Waals surface area contributed by atoms with E-state index in [1.807, 2.05) is 28.0 Å². The number of benzene rings is 1. The van der Waals surface area contributed by atoms with E-state index in [2.05, 4.69) is 24.0 Å². The van der Waals surface area contributed by atoms with E-state index in [1.54, 1.807) is 11.0 Å². The Balaban J connectivity index is 1.24. The molecule has 1 N–H and O–H groups in total. The summed E-state index contributed by atoms with van der Waals surface area (Å²) in [7, 11) is 1.94. The van der Waals surface area contributed by atoms with Crippen LogP contribution in [0.3, 0.4) is 0 Å². The molecule has 1 amide bonds. The van der Waals surface area contributed by atoms with Gasteiger partial charge in [0.1, 0.15) is 5.82 Å². The molecule has 0 spiro atoms. The van der Waals surface area contributed by atoms with Gasteiger partial charge < -0.3 is 14.9 Å². The average Bonchev–Trinajstić information content (AvgIpc) is 3.62. The predicted molar refractivity (Wildman–Crippen MR) is 154 cm³/mol. The van der Waals surface area contributed by atoms with Crippen LogP contribution in [0.5, 0.6) is 0 Å². The van der Waals surface area contributed by atoms with Crippen molar-refractivity contribution in [3.8, 4) is 17.3 Å². The number of nitrogens with zero attached hydrogens (tertiary/aromatic N) is 8. The zero-order chi connectivity index (χ0) is 28.7.